The molecule has 1 N–H and O–H groups in total. The van der Waals surface area contributed by atoms with Gasteiger partial charge in [0.05, 0.1) is 20.3 Å². The summed E-state index contributed by atoms with van der Waals surface area (Å²) in [4.78, 5) is 26.3. The summed E-state index contributed by atoms with van der Waals surface area (Å²) in [7, 11) is 3.22. The molecule has 1 aliphatic heterocycles. The van der Waals surface area contributed by atoms with E-state index < -0.39 is 11.7 Å². The van der Waals surface area contributed by atoms with Crippen LogP contribution >= 0.6 is 0 Å². The summed E-state index contributed by atoms with van der Waals surface area (Å²) in [6.45, 7) is 6.35. The molecule has 0 radical (unpaired) electrons. The highest BCUT2D eigenvalue weighted by Gasteiger charge is 2.31. The van der Waals surface area contributed by atoms with Crippen LogP contribution in [0.3, 0.4) is 0 Å². The fraction of sp³-hybridized carbons (Fsp3) is 0.600. The van der Waals surface area contributed by atoms with Gasteiger partial charge in [-0.1, -0.05) is 0 Å². The lowest BCUT2D eigenvalue weighted by Crippen LogP contribution is -2.36. The number of nitrogens with zero attached hydrogens (tertiary/aromatic N) is 1. The lowest BCUT2D eigenvalue weighted by Gasteiger charge is -2.27. The SMILES string of the molecule is COc1ccc([C@@H]2CCCN2C(=O)CCNC(=O)OC(C)(C)C)c(OC)c1. The number of hydrogen-bond acceptors (Lipinski definition) is 5. The zero-order chi connectivity index (χ0) is 20.0. The Labute approximate surface area is 161 Å². The average molecular weight is 378 g/mol. The Balaban J connectivity index is 1.97. The van der Waals surface area contributed by atoms with Crippen LogP contribution < -0.4 is 14.8 Å². The molecule has 2 rings (SSSR count). The van der Waals surface area contributed by atoms with E-state index in [0.29, 0.717) is 18.0 Å². The molecule has 1 saturated heterocycles. The maximum Gasteiger partial charge on any atom is 0.407 e. The van der Waals surface area contributed by atoms with Crippen LogP contribution in [0, 0.1) is 0 Å². The van der Waals surface area contributed by atoms with Crippen LogP contribution in [0.2, 0.25) is 0 Å². The zero-order valence-electron chi connectivity index (χ0n) is 16.8. The van der Waals surface area contributed by atoms with Crippen molar-refractivity contribution in [2.75, 3.05) is 27.3 Å². The molecule has 0 saturated carbocycles. The average Bonchev–Trinajstić information content (AvgIpc) is 3.09. The molecular weight excluding hydrogens is 348 g/mol. The van der Waals surface area contributed by atoms with Gasteiger partial charge in [-0.15, -0.1) is 0 Å². The molecule has 27 heavy (non-hydrogen) atoms. The number of nitrogens with one attached hydrogen (secondary N) is 1. The number of methoxy groups -OCH3 is 2. The molecule has 0 unspecified atom stereocenters. The van der Waals surface area contributed by atoms with Gasteiger partial charge >= 0.3 is 6.09 Å². The minimum Gasteiger partial charge on any atom is -0.497 e. The molecule has 1 heterocycles. The molecule has 0 spiro atoms. The number of benzene rings is 1. The number of carbonyl (C=O) groups excluding carboxylic acids is 2. The maximum absolute atomic E-state index is 12.7. The minimum atomic E-state index is -0.556. The van der Waals surface area contributed by atoms with Crippen molar-refractivity contribution in [3.8, 4) is 11.5 Å². The summed E-state index contributed by atoms with van der Waals surface area (Å²) >= 11 is 0. The molecule has 1 fully saturated rings. The zero-order valence-corrected chi connectivity index (χ0v) is 16.8. The van der Waals surface area contributed by atoms with Crippen LogP contribution in [0.25, 0.3) is 0 Å². The first-order valence-corrected chi connectivity index (χ1v) is 9.23. The number of amides is 2. The van der Waals surface area contributed by atoms with Crippen molar-refractivity contribution in [1.29, 1.82) is 0 Å². The van der Waals surface area contributed by atoms with Gasteiger partial charge in [0.25, 0.3) is 0 Å². The van der Waals surface area contributed by atoms with Gasteiger partial charge in [0.2, 0.25) is 5.91 Å². The highest BCUT2D eigenvalue weighted by molar-refractivity contribution is 5.78. The van der Waals surface area contributed by atoms with E-state index in [1.165, 1.54) is 0 Å². The van der Waals surface area contributed by atoms with E-state index in [4.69, 9.17) is 14.2 Å². The molecule has 1 aromatic carbocycles. The number of carbonyl (C=O) groups is 2. The second-order valence-electron chi connectivity index (χ2n) is 7.53. The van der Waals surface area contributed by atoms with Gasteiger partial charge in [-0.05, 0) is 45.7 Å². The Kier molecular flexibility index (Phi) is 6.93. The van der Waals surface area contributed by atoms with Gasteiger partial charge in [-0.3, -0.25) is 4.79 Å². The van der Waals surface area contributed by atoms with Gasteiger partial charge in [0, 0.05) is 31.1 Å². The molecule has 2 amide bonds. The van der Waals surface area contributed by atoms with Crippen LogP contribution in [0.1, 0.15) is 51.6 Å². The van der Waals surface area contributed by atoms with Crippen molar-refractivity contribution in [1.82, 2.24) is 10.2 Å². The third-order valence-electron chi connectivity index (χ3n) is 4.38. The first-order valence-electron chi connectivity index (χ1n) is 9.23. The van der Waals surface area contributed by atoms with E-state index >= 15 is 0 Å². The van der Waals surface area contributed by atoms with E-state index in [-0.39, 0.29) is 24.9 Å². The first-order chi connectivity index (χ1) is 12.7. The van der Waals surface area contributed by atoms with E-state index in [2.05, 4.69) is 5.32 Å². The summed E-state index contributed by atoms with van der Waals surface area (Å²) in [6, 6.07) is 5.63. The Morgan fingerprint density at radius 2 is 1.96 bits per heavy atom. The van der Waals surface area contributed by atoms with Crippen molar-refractivity contribution in [2.45, 2.75) is 51.7 Å². The fourth-order valence-corrected chi connectivity index (χ4v) is 3.21. The van der Waals surface area contributed by atoms with Crippen molar-refractivity contribution < 1.29 is 23.8 Å². The molecule has 7 heteroatoms. The number of likely N-dealkylation sites (tertiary alicyclic amines) is 1. The van der Waals surface area contributed by atoms with Gasteiger partial charge < -0.3 is 24.4 Å². The van der Waals surface area contributed by atoms with Crippen LogP contribution in [0.5, 0.6) is 11.5 Å². The van der Waals surface area contributed by atoms with Gasteiger partial charge in [0.1, 0.15) is 17.1 Å². The van der Waals surface area contributed by atoms with E-state index in [9.17, 15) is 9.59 Å². The molecule has 0 bridgehead atoms. The van der Waals surface area contributed by atoms with Crippen molar-refractivity contribution in [2.24, 2.45) is 0 Å². The van der Waals surface area contributed by atoms with Gasteiger partial charge in [0.15, 0.2) is 0 Å². The normalized spacial score (nSPS) is 16.8. The quantitative estimate of drug-likeness (QED) is 0.822. The number of rotatable bonds is 6. The largest absolute Gasteiger partial charge is 0.497 e. The summed E-state index contributed by atoms with van der Waals surface area (Å²) in [5, 5.41) is 2.64. The van der Waals surface area contributed by atoms with Crippen molar-refractivity contribution in [3.05, 3.63) is 23.8 Å². The second-order valence-corrected chi connectivity index (χ2v) is 7.53. The molecular formula is C20H30N2O5. The Hall–Kier alpha value is -2.44. The second kappa shape index (κ2) is 8.97. The standard InChI is InChI=1S/C20H30N2O5/c1-20(2,3)27-19(24)21-11-10-18(23)22-12-6-7-16(22)15-9-8-14(25-4)13-17(15)26-5/h8-9,13,16H,6-7,10-12H2,1-5H3,(H,21,24)/t16-/m0/s1. The van der Waals surface area contributed by atoms with Crippen LogP contribution in [-0.4, -0.2) is 49.8 Å². The Morgan fingerprint density at radius 1 is 1.22 bits per heavy atom. The molecule has 1 aromatic rings. The lowest BCUT2D eigenvalue weighted by molar-refractivity contribution is -0.132. The fourth-order valence-electron chi connectivity index (χ4n) is 3.21. The summed E-state index contributed by atoms with van der Waals surface area (Å²) in [6.07, 6.45) is 1.54. The predicted octanol–water partition coefficient (Wildman–Crippen LogP) is 3.28. The lowest BCUT2D eigenvalue weighted by atomic mass is 10.0. The van der Waals surface area contributed by atoms with Crippen LogP contribution in [-0.2, 0) is 9.53 Å². The third kappa shape index (κ3) is 5.77. The first kappa shape index (κ1) is 20.9. The van der Waals surface area contributed by atoms with Crippen LogP contribution in [0.15, 0.2) is 18.2 Å². The Bertz CT molecular complexity index is 669. The van der Waals surface area contributed by atoms with E-state index in [1.807, 2.05) is 23.1 Å². The predicted molar refractivity (Wildman–Crippen MR) is 102 cm³/mol. The van der Waals surface area contributed by atoms with E-state index in [0.717, 1.165) is 18.4 Å². The topological polar surface area (TPSA) is 77.1 Å². The van der Waals surface area contributed by atoms with Gasteiger partial charge in [-0.2, -0.15) is 0 Å². The molecule has 0 aliphatic carbocycles. The van der Waals surface area contributed by atoms with Crippen molar-refractivity contribution >= 4 is 12.0 Å². The number of hydrogen-bond donors (Lipinski definition) is 1. The summed E-state index contributed by atoms with van der Waals surface area (Å²) in [5.74, 6) is 1.44. The minimum absolute atomic E-state index is 0.00595. The monoisotopic (exact) mass is 378 g/mol. The third-order valence-corrected chi connectivity index (χ3v) is 4.38. The Morgan fingerprint density at radius 3 is 2.59 bits per heavy atom. The number of ether oxygens (including phenoxy) is 3. The summed E-state index contributed by atoms with van der Waals surface area (Å²) < 4.78 is 15.9. The van der Waals surface area contributed by atoms with Gasteiger partial charge in [-0.25, -0.2) is 4.79 Å². The van der Waals surface area contributed by atoms with Crippen molar-refractivity contribution in [3.63, 3.8) is 0 Å². The molecule has 150 valence electrons. The smallest absolute Gasteiger partial charge is 0.407 e. The summed E-state index contributed by atoms with van der Waals surface area (Å²) in [5.41, 5.74) is 0.420. The van der Waals surface area contributed by atoms with E-state index in [1.54, 1.807) is 35.0 Å². The maximum atomic E-state index is 12.7. The molecule has 7 nitrogen and oxygen atoms in total. The molecule has 1 aliphatic rings. The number of alkyl carbamates (subject to hydrolysis) is 1. The highest BCUT2D eigenvalue weighted by Crippen LogP contribution is 2.38. The highest BCUT2D eigenvalue weighted by atomic mass is 16.6. The molecule has 1 atom stereocenters. The van der Waals surface area contributed by atoms with Crippen LogP contribution in [0.4, 0.5) is 4.79 Å². The molecule has 0 aromatic heterocycles.